The molecule has 0 radical (unpaired) electrons. The van der Waals surface area contributed by atoms with Gasteiger partial charge in [0.1, 0.15) is 0 Å². The summed E-state index contributed by atoms with van der Waals surface area (Å²) in [5.41, 5.74) is 0.558. The van der Waals surface area contributed by atoms with Crippen molar-refractivity contribution < 1.29 is 0 Å². The van der Waals surface area contributed by atoms with Gasteiger partial charge in [0.05, 0.1) is 0 Å². The average molecular weight is 184 g/mol. The lowest BCUT2D eigenvalue weighted by Gasteiger charge is -2.28. The fourth-order valence-corrected chi connectivity index (χ4v) is 2.26. The largest absolute Gasteiger partial charge is 0.0683 e. The summed E-state index contributed by atoms with van der Waals surface area (Å²) in [6.45, 7) is 11.1. The van der Waals surface area contributed by atoms with Crippen LogP contribution in [0.3, 0.4) is 0 Å². The predicted octanol–water partition coefficient (Wildman–Crippen LogP) is 5.03. The Morgan fingerprint density at radius 3 is 1.77 bits per heavy atom. The molecule has 0 aliphatic heterocycles. The molecule has 1 fully saturated rings. The third-order valence-electron chi connectivity index (χ3n) is 2.63. The molecule has 0 aromatic heterocycles. The summed E-state index contributed by atoms with van der Waals surface area (Å²) in [7, 11) is 0. The van der Waals surface area contributed by atoms with Crippen molar-refractivity contribution in [3.05, 3.63) is 0 Å². The van der Waals surface area contributed by atoms with Gasteiger partial charge in [-0.25, -0.2) is 0 Å². The molecule has 0 heteroatoms. The fraction of sp³-hybridized carbons (Fsp3) is 1.00. The van der Waals surface area contributed by atoms with Gasteiger partial charge in [0.25, 0.3) is 0 Å². The Hall–Kier alpha value is 0. The first kappa shape index (κ1) is 13.0. The third kappa shape index (κ3) is 7.10. The van der Waals surface area contributed by atoms with Crippen LogP contribution in [-0.4, -0.2) is 0 Å². The first-order valence-corrected chi connectivity index (χ1v) is 6.08. The van der Waals surface area contributed by atoms with Crippen LogP contribution < -0.4 is 0 Å². The quantitative estimate of drug-likeness (QED) is 0.536. The monoisotopic (exact) mass is 184 g/mol. The molecular formula is C13H28. The van der Waals surface area contributed by atoms with E-state index in [2.05, 4.69) is 20.8 Å². The predicted molar refractivity (Wildman–Crippen MR) is 62.0 cm³/mol. The standard InChI is InChI=1S/C11H22.C2H6/c1-11(2,3)9-10-7-5-4-6-8-10;1-2/h10H,4-9H2,1-3H3;1-2H3. The van der Waals surface area contributed by atoms with Crippen molar-refractivity contribution in [1.29, 1.82) is 0 Å². The Morgan fingerprint density at radius 2 is 1.38 bits per heavy atom. The van der Waals surface area contributed by atoms with Crippen molar-refractivity contribution in [2.75, 3.05) is 0 Å². The molecule has 0 bridgehead atoms. The summed E-state index contributed by atoms with van der Waals surface area (Å²) in [5.74, 6) is 1.05. The van der Waals surface area contributed by atoms with Crippen LogP contribution in [-0.2, 0) is 0 Å². The van der Waals surface area contributed by atoms with E-state index in [-0.39, 0.29) is 0 Å². The van der Waals surface area contributed by atoms with Crippen LogP contribution in [0.1, 0.15) is 73.1 Å². The zero-order valence-corrected chi connectivity index (χ0v) is 10.3. The molecule has 13 heavy (non-hydrogen) atoms. The summed E-state index contributed by atoms with van der Waals surface area (Å²) in [6, 6.07) is 0. The van der Waals surface area contributed by atoms with Crippen LogP contribution in [0.5, 0.6) is 0 Å². The summed E-state index contributed by atoms with van der Waals surface area (Å²) >= 11 is 0. The lowest BCUT2D eigenvalue weighted by molar-refractivity contribution is 0.240. The highest BCUT2D eigenvalue weighted by Gasteiger charge is 2.20. The minimum atomic E-state index is 0.558. The Balaban J connectivity index is 0.000000671. The average Bonchev–Trinajstić information content (AvgIpc) is 2.07. The maximum Gasteiger partial charge on any atom is -0.0380 e. The Bertz CT molecular complexity index is 102. The maximum atomic E-state index is 2.36. The molecule has 1 aliphatic carbocycles. The van der Waals surface area contributed by atoms with Crippen LogP contribution in [0, 0.1) is 11.3 Å². The Morgan fingerprint density at radius 1 is 0.923 bits per heavy atom. The molecule has 1 saturated carbocycles. The minimum absolute atomic E-state index is 0.558. The zero-order valence-electron chi connectivity index (χ0n) is 10.3. The highest BCUT2D eigenvalue weighted by atomic mass is 14.3. The SMILES string of the molecule is CC.CC(C)(C)CC1CCCCC1. The van der Waals surface area contributed by atoms with Gasteiger partial charge in [-0.1, -0.05) is 66.7 Å². The summed E-state index contributed by atoms with van der Waals surface area (Å²) in [4.78, 5) is 0. The van der Waals surface area contributed by atoms with Gasteiger partial charge in [-0.15, -0.1) is 0 Å². The van der Waals surface area contributed by atoms with Crippen LogP contribution in [0.2, 0.25) is 0 Å². The molecule has 0 spiro atoms. The summed E-state index contributed by atoms with van der Waals surface area (Å²) < 4.78 is 0. The van der Waals surface area contributed by atoms with Gasteiger partial charge >= 0.3 is 0 Å². The van der Waals surface area contributed by atoms with E-state index in [1.165, 1.54) is 38.5 Å². The van der Waals surface area contributed by atoms with Gasteiger partial charge in [-0.3, -0.25) is 0 Å². The van der Waals surface area contributed by atoms with E-state index in [4.69, 9.17) is 0 Å². The van der Waals surface area contributed by atoms with Crippen molar-refractivity contribution in [3.63, 3.8) is 0 Å². The molecule has 0 nitrogen and oxygen atoms in total. The normalized spacial score (nSPS) is 19.2. The Kier molecular flexibility index (Phi) is 6.45. The lowest BCUT2D eigenvalue weighted by Crippen LogP contribution is -2.15. The van der Waals surface area contributed by atoms with Gasteiger partial charge in [-0.2, -0.15) is 0 Å². The van der Waals surface area contributed by atoms with Crippen molar-refractivity contribution >= 4 is 0 Å². The van der Waals surface area contributed by atoms with Crippen LogP contribution in [0.15, 0.2) is 0 Å². The molecule has 0 heterocycles. The van der Waals surface area contributed by atoms with E-state index in [0.717, 1.165) is 5.92 Å². The highest BCUT2D eigenvalue weighted by molar-refractivity contribution is 4.72. The van der Waals surface area contributed by atoms with E-state index in [0.29, 0.717) is 5.41 Å². The molecule has 1 rings (SSSR count). The lowest BCUT2D eigenvalue weighted by atomic mass is 9.78. The third-order valence-corrected chi connectivity index (χ3v) is 2.63. The van der Waals surface area contributed by atoms with E-state index < -0.39 is 0 Å². The smallest absolute Gasteiger partial charge is 0.0380 e. The molecule has 0 aromatic rings. The second-order valence-electron chi connectivity index (χ2n) is 5.27. The molecule has 0 atom stereocenters. The summed E-state index contributed by atoms with van der Waals surface area (Å²) in [6.07, 6.45) is 8.89. The molecule has 0 unspecified atom stereocenters. The number of hydrogen-bond acceptors (Lipinski definition) is 0. The highest BCUT2D eigenvalue weighted by Crippen LogP contribution is 2.33. The molecule has 0 saturated heterocycles. The summed E-state index contributed by atoms with van der Waals surface area (Å²) in [5, 5.41) is 0. The second-order valence-corrected chi connectivity index (χ2v) is 5.27. The van der Waals surface area contributed by atoms with Gasteiger partial charge in [0.15, 0.2) is 0 Å². The maximum absolute atomic E-state index is 2.36. The van der Waals surface area contributed by atoms with Crippen LogP contribution in [0.4, 0.5) is 0 Å². The van der Waals surface area contributed by atoms with E-state index >= 15 is 0 Å². The first-order chi connectivity index (χ1) is 6.08. The van der Waals surface area contributed by atoms with E-state index in [9.17, 15) is 0 Å². The van der Waals surface area contributed by atoms with Gasteiger partial charge in [0, 0.05) is 0 Å². The number of hydrogen-bond donors (Lipinski definition) is 0. The van der Waals surface area contributed by atoms with Crippen LogP contribution in [0.25, 0.3) is 0 Å². The molecule has 80 valence electrons. The van der Waals surface area contributed by atoms with Gasteiger partial charge in [-0.05, 0) is 17.8 Å². The first-order valence-electron chi connectivity index (χ1n) is 6.08. The second kappa shape index (κ2) is 6.45. The van der Waals surface area contributed by atoms with Crippen molar-refractivity contribution in [3.8, 4) is 0 Å². The molecule has 1 aliphatic rings. The fourth-order valence-electron chi connectivity index (χ4n) is 2.26. The molecule has 0 amide bonds. The van der Waals surface area contributed by atoms with Crippen molar-refractivity contribution in [1.82, 2.24) is 0 Å². The molecular weight excluding hydrogens is 156 g/mol. The van der Waals surface area contributed by atoms with Gasteiger partial charge < -0.3 is 0 Å². The van der Waals surface area contributed by atoms with E-state index in [1.54, 1.807) is 0 Å². The molecule has 0 N–H and O–H groups in total. The number of rotatable bonds is 1. The van der Waals surface area contributed by atoms with Crippen molar-refractivity contribution in [2.24, 2.45) is 11.3 Å². The minimum Gasteiger partial charge on any atom is -0.0683 e. The van der Waals surface area contributed by atoms with Crippen molar-refractivity contribution in [2.45, 2.75) is 73.1 Å². The zero-order chi connectivity index (χ0) is 10.3. The van der Waals surface area contributed by atoms with Gasteiger partial charge in [0.2, 0.25) is 0 Å². The topological polar surface area (TPSA) is 0 Å². The Labute approximate surface area is 85.1 Å². The molecule has 0 aromatic carbocycles. The van der Waals surface area contributed by atoms with E-state index in [1.807, 2.05) is 13.8 Å². The van der Waals surface area contributed by atoms with Crippen LogP contribution >= 0.6 is 0 Å².